The lowest BCUT2D eigenvalue weighted by Crippen LogP contribution is -2.31. The van der Waals surface area contributed by atoms with Crippen LogP contribution in [0.5, 0.6) is 0 Å². The maximum atomic E-state index is 12.1. The van der Waals surface area contributed by atoms with Gasteiger partial charge in [0, 0.05) is 0 Å². The van der Waals surface area contributed by atoms with E-state index in [0.717, 1.165) is 6.42 Å². The zero-order valence-electron chi connectivity index (χ0n) is 9.05. The Kier molecular flexibility index (Phi) is 6.80. The lowest BCUT2D eigenvalue weighted by atomic mass is 10.3. The highest BCUT2D eigenvalue weighted by atomic mass is 19.4. The minimum absolute atomic E-state index is 0.198. The van der Waals surface area contributed by atoms with E-state index in [9.17, 15) is 18.0 Å². The zero-order valence-corrected chi connectivity index (χ0v) is 9.05. The molecule has 16 heavy (non-hydrogen) atoms. The SMILES string of the molecule is C=CC(OCC(=O)OCCCC)C(F)(F)F. The van der Waals surface area contributed by atoms with Gasteiger partial charge in [-0.15, -0.1) is 6.58 Å². The fraction of sp³-hybridized carbons (Fsp3) is 0.700. The summed E-state index contributed by atoms with van der Waals surface area (Å²) in [5.74, 6) is -0.801. The van der Waals surface area contributed by atoms with Crippen LogP contribution in [0.1, 0.15) is 19.8 Å². The van der Waals surface area contributed by atoms with Crippen molar-refractivity contribution >= 4 is 5.97 Å². The molecule has 0 aromatic heterocycles. The van der Waals surface area contributed by atoms with Crippen molar-refractivity contribution in [1.29, 1.82) is 0 Å². The van der Waals surface area contributed by atoms with Gasteiger partial charge in [-0.25, -0.2) is 4.79 Å². The molecular weight excluding hydrogens is 225 g/mol. The Morgan fingerprint density at radius 1 is 1.50 bits per heavy atom. The molecule has 0 aromatic rings. The van der Waals surface area contributed by atoms with Crippen LogP contribution in [0.3, 0.4) is 0 Å². The molecule has 0 saturated heterocycles. The molecule has 0 aliphatic heterocycles. The summed E-state index contributed by atoms with van der Waals surface area (Å²) in [5, 5.41) is 0. The summed E-state index contributed by atoms with van der Waals surface area (Å²) >= 11 is 0. The van der Waals surface area contributed by atoms with E-state index in [1.165, 1.54) is 0 Å². The van der Waals surface area contributed by atoms with Gasteiger partial charge in [0.25, 0.3) is 0 Å². The number of hydrogen-bond acceptors (Lipinski definition) is 3. The number of alkyl halides is 3. The molecule has 0 aliphatic rings. The summed E-state index contributed by atoms with van der Waals surface area (Å²) in [6, 6.07) is 0. The Morgan fingerprint density at radius 2 is 2.12 bits per heavy atom. The fourth-order valence-corrected chi connectivity index (χ4v) is 0.826. The number of halogens is 3. The van der Waals surface area contributed by atoms with Gasteiger partial charge in [0.05, 0.1) is 6.61 Å². The van der Waals surface area contributed by atoms with Crippen LogP contribution in [-0.2, 0) is 14.3 Å². The molecule has 0 radical (unpaired) electrons. The van der Waals surface area contributed by atoms with Crippen molar-refractivity contribution in [1.82, 2.24) is 0 Å². The molecule has 1 unspecified atom stereocenters. The lowest BCUT2D eigenvalue weighted by Gasteiger charge is -2.16. The maximum Gasteiger partial charge on any atom is 0.418 e. The number of carbonyl (C=O) groups excluding carboxylic acids is 1. The molecule has 1 atom stereocenters. The van der Waals surface area contributed by atoms with Gasteiger partial charge in [-0.05, 0) is 6.42 Å². The molecule has 0 saturated carbocycles. The second-order valence-corrected chi connectivity index (χ2v) is 3.08. The van der Waals surface area contributed by atoms with E-state index in [1.807, 2.05) is 6.92 Å². The molecule has 0 aliphatic carbocycles. The maximum absolute atomic E-state index is 12.1. The second-order valence-electron chi connectivity index (χ2n) is 3.08. The van der Waals surface area contributed by atoms with E-state index in [-0.39, 0.29) is 6.61 Å². The fourth-order valence-electron chi connectivity index (χ4n) is 0.826. The first-order valence-corrected chi connectivity index (χ1v) is 4.88. The van der Waals surface area contributed by atoms with Crippen LogP contribution >= 0.6 is 0 Å². The van der Waals surface area contributed by atoms with Crippen molar-refractivity contribution in [2.24, 2.45) is 0 Å². The van der Waals surface area contributed by atoms with E-state index < -0.39 is 24.9 Å². The molecule has 0 spiro atoms. The Morgan fingerprint density at radius 3 is 2.56 bits per heavy atom. The predicted octanol–water partition coefficient (Wildman–Crippen LogP) is 2.46. The van der Waals surface area contributed by atoms with Crippen LogP contribution in [-0.4, -0.2) is 31.5 Å². The third kappa shape index (κ3) is 6.44. The zero-order chi connectivity index (χ0) is 12.6. The topological polar surface area (TPSA) is 35.5 Å². The molecule has 6 heteroatoms. The van der Waals surface area contributed by atoms with E-state index >= 15 is 0 Å². The highest BCUT2D eigenvalue weighted by Crippen LogP contribution is 2.23. The Bertz CT molecular complexity index is 226. The first kappa shape index (κ1) is 15.0. The molecule has 0 fully saturated rings. The minimum atomic E-state index is -4.55. The summed E-state index contributed by atoms with van der Waals surface area (Å²) in [5.41, 5.74) is 0. The Labute approximate surface area is 92.2 Å². The normalized spacial score (nSPS) is 13.2. The van der Waals surface area contributed by atoms with Crippen LogP contribution in [0.4, 0.5) is 13.2 Å². The Hall–Kier alpha value is -1.04. The molecular formula is C10H15F3O3. The molecule has 0 heterocycles. The summed E-state index contributed by atoms with van der Waals surface area (Å²) in [6.45, 7) is 4.36. The van der Waals surface area contributed by atoms with Crippen molar-refractivity contribution in [3.8, 4) is 0 Å². The van der Waals surface area contributed by atoms with Crippen LogP contribution in [0.2, 0.25) is 0 Å². The third-order valence-corrected chi connectivity index (χ3v) is 1.68. The van der Waals surface area contributed by atoms with Crippen LogP contribution in [0, 0.1) is 0 Å². The van der Waals surface area contributed by atoms with E-state index in [4.69, 9.17) is 0 Å². The Balaban J connectivity index is 3.85. The summed E-state index contributed by atoms with van der Waals surface area (Å²) < 4.78 is 45.3. The molecule has 0 N–H and O–H groups in total. The van der Waals surface area contributed by atoms with Crippen molar-refractivity contribution in [3.05, 3.63) is 12.7 Å². The van der Waals surface area contributed by atoms with E-state index in [2.05, 4.69) is 16.1 Å². The van der Waals surface area contributed by atoms with Crippen molar-refractivity contribution in [2.45, 2.75) is 32.0 Å². The smallest absolute Gasteiger partial charge is 0.418 e. The van der Waals surface area contributed by atoms with Gasteiger partial charge < -0.3 is 9.47 Å². The highest BCUT2D eigenvalue weighted by Gasteiger charge is 2.38. The van der Waals surface area contributed by atoms with E-state index in [1.54, 1.807) is 0 Å². The number of unbranched alkanes of at least 4 members (excludes halogenated alkanes) is 1. The number of carbonyl (C=O) groups is 1. The lowest BCUT2D eigenvalue weighted by molar-refractivity contribution is -0.207. The van der Waals surface area contributed by atoms with Gasteiger partial charge in [0.1, 0.15) is 6.61 Å². The molecule has 0 aromatic carbocycles. The van der Waals surface area contributed by atoms with Crippen molar-refractivity contribution in [2.75, 3.05) is 13.2 Å². The molecule has 0 rings (SSSR count). The number of hydrogen-bond donors (Lipinski definition) is 0. The van der Waals surface area contributed by atoms with Crippen LogP contribution in [0.25, 0.3) is 0 Å². The van der Waals surface area contributed by atoms with Gasteiger partial charge in [-0.2, -0.15) is 13.2 Å². The van der Waals surface area contributed by atoms with E-state index in [0.29, 0.717) is 12.5 Å². The second kappa shape index (κ2) is 7.27. The van der Waals surface area contributed by atoms with Gasteiger partial charge >= 0.3 is 12.1 Å². The number of rotatable bonds is 7. The molecule has 94 valence electrons. The quantitative estimate of drug-likeness (QED) is 0.389. The third-order valence-electron chi connectivity index (χ3n) is 1.68. The monoisotopic (exact) mass is 240 g/mol. The predicted molar refractivity (Wildman–Crippen MR) is 51.9 cm³/mol. The summed E-state index contributed by atoms with van der Waals surface area (Å²) in [6.07, 6.45) is -4.57. The highest BCUT2D eigenvalue weighted by molar-refractivity contribution is 5.70. The first-order chi connectivity index (χ1) is 7.41. The van der Waals surface area contributed by atoms with Gasteiger partial charge in [-0.1, -0.05) is 19.4 Å². The van der Waals surface area contributed by atoms with Crippen molar-refractivity contribution in [3.63, 3.8) is 0 Å². The van der Waals surface area contributed by atoms with Crippen LogP contribution < -0.4 is 0 Å². The molecule has 0 bridgehead atoms. The van der Waals surface area contributed by atoms with Crippen molar-refractivity contribution < 1.29 is 27.4 Å². The number of esters is 1. The van der Waals surface area contributed by atoms with Gasteiger partial charge in [-0.3, -0.25) is 0 Å². The molecule has 0 amide bonds. The largest absolute Gasteiger partial charge is 0.464 e. The molecule has 3 nitrogen and oxygen atoms in total. The van der Waals surface area contributed by atoms with Crippen LogP contribution in [0.15, 0.2) is 12.7 Å². The summed E-state index contributed by atoms with van der Waals surface area (Å²) in [4.78, 5) is 10.9. The average Bonchev–Trinajstić information content (AvgIpc) is 2.17. The van der Waals surface area contributed by atoms with Gasteiger partial charge in [0.2, 0.25) is 0 Å². The van der Waals surface area contributed by atoms with Gasteiger partial charge in [0.15, 0.2) is 6.10 Å². The first-order valence-electron chi connectivity index (χ1n) is 4.88. The summed E-state index contributed by atoms with van der Waals surface area (Å²) in [7, 11) is 0. The average molecular weight is 240 g/mol. The minimum Gasteiger partial charge on any atom is -0.464 e. The number of ether oxygens (including phenoxy) is 2. The standard InChI is InChI=1S/C10H15F3O3/c1-3-5-6-15-9(14)7-16-8(4-2)10(11,12)13/h4,8H,2-3,5-7H2,1H3.